The summed E-state index contributed by atoms with van der Waals surface area (Å²) in [4.78, 5) is 29.4. The van der Waals surface area contributed by atoms with Crippen LogP contribution in [0.25, 0.3) is 10.2 Å². The first-order valence-electron chi connectivity index (χ1n) is 10.7. The van der Waals surface area contributed by atoms with Crippen LogP contribution >= 0.6 is 22.7 Å². The maximum Gasteiger partial charge on any atom is 0.224 e. The van der Waals surface area contributed by atoms with Crippen molar-refractivity contribution < 1.29 is 9.53 Å². The maximum atomic E-state index is 11.4. The molecular weight excluding hydrogens is 456 g/mol. The zero-order valence-corrected chi connectivity index (χ0v) is 20.0. The molecule has 1 N–H and O–H groups in total. The van der Waals surface area contributed by atoms with Gasteiger partial charge in [-0.1, -0.05) is 17.4 Å². The highest BCUT2D eigenvalue weighted by Crippen LogP contribution is 2.35. The van der Waals surface area contributed by atoms with Crippen molar-refractivity contribution in [3.05, 3.63) is 53.0 Å². The Bertz CT molecular complexity index is 1250. The summed E-state index contributed by atoms with van der Waals surface area (Å²) in [7, 11) is 0. The molecule has 0 radical (unpaired) electrons. The van der Waals surface area contributed by atoms with Crippen molar-refractivity contribution in [2.24, 2.45) is 0 Å². The van der Waals surface area contributed by atoms with Gasteiger partial charge in [0.1, 0.15) is 17.7 Å². The number of piperazine rings is 1. The average Bonchev–Trinajstić information content (AvgIpc) is 3.49. The molecule has 1 aliphatic heterocycles. The van der Waals surface area contributed by atoms with Crippen LogP contribution in [0.1, 0.15) is 25.5 Å². The second-order valence-corrected chi connectivity index (χ2v) is 9.69. The molecule has 0 unspecified atom stereocenters. The van der Waals surface area contributed by atoms with E-state index in [1.54, 1.807) is 11.3 Å². The van der Waals surface area contributed by atoms with Crippen LogP contribution in [-0.4, -0.2) is 51.9 Å². The lowest BCUT2D eigenvalue weighted by Gasteiger charge is -2.38. The van der Waals surface area contributed by atoms with Gasteiger partial charge in [-0.15, -0.1) is 0 Å². The number of aromatic nitrogens is 3. The second kappa shape index (κ2) is 9.42. The van der Waals surface area contributed by atoms with Crippen molar-refractivity contribution in [1.29, 1.82) is 0 Å². The normalized spacial score (nSPS) is 15.5. The lowest BCUT2D eigenvalue weighted by molar-refractivity contribution is -0.114. The number of thiophene rings is 1. The molecule has 10 heteroatoms. The van der Waals surface area contributed by atoms with E-state index in [0.29, 0.717) is 28.3 Å². The third kappa shape index (κ3) is 4.82. The minimum atomic E-state index is -0.151. The van der Waals surface area contributed by atoms with Gasteiger partial charge in [0.05, 0.1) is 4.70 Å². The van der Waals surface area contributed by atoms with Crippen LogP contribution in [-0.2, 0) is 4.79 Å². The van der Waals surface area contributed by atoms with Crippen molar-refractivity contribution >= 4 is 49.7 Å². The summed E-state index contributed by atoms with van der Waals surface area (Å²) in [5.74, 6) is 1.77. The van der Waals surface area contributed by atoms with Crippen LogP contribution in [0.3, 0.4) is 0 Å². The summed E-state index contributed by atoms with van der Waals surface area (Å²) in [6.45, 7) is 7.47. The number of thiazole rings is 1. The lowest BCUT2D eigenvalue weighted by atomic mass is 10.1. The molecule has 33 heavy (non-hydrogen) atoms. The number of carbonyl (C=O) groups is 1. The number of fused-ring (bicyclic) bond motifs is 1. The van der Waals surface area contributed by atoms with Crippen molar-refractivity contribution in [1.82, 2.24) is 19.9 Å². The Balaban J connectivity index is 1.28. The van der Waals surface area contributed by atoms with Crippen molar-refractivity contribution in [2.45, 2.75) is 19.9 Å². The molecule has 3 aromatic heterocycles. The van der Waals surface area contributed by atoms with E-state index in [-0.39, 0.29) is 5.91 Å². The molecule has 0 aliphatic carbocycles. The molecule has 0 spiro atoms. The molecule has 1 aliphatic rings. The molecule has 1 fully saturated rings. The Kier molecular flexibility index (Phi) is 6.21. The van der Waals surface area contributed by atoms with E-state index in [4.69, 9.17) is 4.74 Å². The first kappa shape index (κ1) is 21.7. The molecule has 1 amide bonds. The van der Waals surface area contributed by atoms with Crippen molar-refractivity contribution in [2.75, 3.05) is 36.4 Å². The summed E-state index contributed by atoms with van der Waals surface area (Å²) in [5.41, 5.74) is 2.08. The molecule has 4 aromatic rings. The quantitative estimate of drug-likeness (QED) is 0.425. The van der Waals surface area contributed by atoms with Crippen molar-refractivity contribution in [3.8, 4) is 11.6 Å². The highest BCUT2D eigenvalue weighted by molar-refractivity contribution is 7.22. The summed E-state index contributed by atoms with van der Waals surface area (Å²) in [6, 6.07) is 10.2. The SMILES string of the molecule is CC(=O)Nc1nc2c(Oc3cc(N4CCN([C@@H](C)c5ccsc5)CC4)ncn3)cccc2s1. The first-order chi connectivity index (χ1) is 16.1. The summed E-state index contributed by atoms with van der Waals surface area (Å²) >= 11 is 3.16. The highest BCUT2D eigenvalue weighted by atomic mass is 32.1. The van der Waals surface area contributed by atoms with Gasteiger partial charge in [-0.05, 0) is 41.4 Å². The van der Waals surface area contributed by atoms with Gasteiger partial charge in [0.15, 0.2) is 10.9 Å². The number of rotatable bonds is 6. The fourth-order valence-electron chi connectivity index (χ4n) is 3.94. The Morgan fingerprint density at radius 2 is 2.03 bits per heavy atom. The van der Waals surface area contributed by atoms with Gasteiger partial charge in [-0.2, -0.15) is 11.3 Å². The monoisotopic (exact) mass is 480 g/mol. The standard InChI is InChI=1S/C23H24N6O2S2/c1-15(17-6-11-32-13-17)28-7-9-29(10-8-28)20-12-21(25-14-24-20)31-18-4-3-5-19-22(18)27-23(33-19)26-16(2)30/h3-6,11-15H,7-10H2,1-2H3,(H,26,27,30)/t15-/m0/s1. The minimum absolute atomic E-state index is 0.151. The van der Waals surface area contributed by atoms with Gasteiger partial charge in [0, 0.05) is 45.2 Å². The predicted molar refractivity (Wildman–Crippen MR) is 133 cm³/mol. The van der Waals surface area contributed by atoms with E-state index < -0.39 is 0 Å². The van der Waals surface area contributed by atoms with Crippen LogP contribution in [0.15, 0.2) is 47.4 Å². The summed E-state index contributed by atoms with van der Waals surface area (Å²) < 4.78 is 7.03. The largest absolute Gasteiger partial charge is 0.437 e. The molecule has 170 valence electrons. The van der Waals surface area contributed by atoms with Gasteiger partial charge < -0.3 is 15.0 Å². The van der Waals surface area contributed by atoms with Crippen LogP contribution < -0.4 is 15.0 Å². The number of amides is 1. The van der Waals surface area contributed by atoms with E-state index in [1.165, 1.54) is 30.2 Å². The fourth-order valence-corrected chi connectivity index (χ4v) is 5.62. The van der Waals surface area contributed by atoms with Gasteiger partial charge in [0.25, 0.3) is 0 Å². The van der Waals surface area contributed by atoms with Crippen LogP contribution in [0.5, 0.6) is 11.6 Å². The molecule has 1 saturated heterocycles. The molecule has 0 saturated carbocycles. The van der Waals surface area contributed by atoms with Crippen LogP contribution in [0, 0.1) is 0 Å². The number of anilines is 2. The number of hydrogen-bond acceptors (Lipinski definition) is 9. The molecule has 8 nitrogen and oxygen atoms in total. The Morgan fingerprint density at radius 3 is 2.79 bits per heavy atom. The molecule has 0 bridgehead atoms. The number of nitrogens with one attached hydrogen (secondary N) is 1. The molecule has 1 aromatic carbocycles. The summed E-state index contributed by atoms with van der Waals surface area (Å²) in [6.07, 6.45) is 1.54. The third-order valence-electron chi connectivity index (χ3n) is 5.72. The van der Waals surface area contributed by atoms with E-state index in [2.05, 4.69) is 53.8 Å². The smallest absolute Gasteiger partial charge is 0.224 e. The number of hydrogen-bond donors (Lipinski definition) is 1. The Labute approximate surface area is 199 Å². The van der Waals surface area contributed by atoms with Crippen molar-refractivity contribution in [3.63, 3.8) is 0 Å². The second-order valence-electron chi connectivity index (χ2n) is 7.88. The number of benzene rings is 1. The average molecular weight is 481 g/mol. The first-order valence-corrected chi connectivity index (χ1v) is 12.5. The number of ether oxygens (including phenoxy) is 1. The van der Waals surface area contributed by atoms with E-state index >= 15 is 0 Å². The molecule has 4 heterocycles. The van der Waals surface area contributed by atoms with Crippen LogP contribution in [0.2, 0.25) is 0 Å². The summed E-state index contributed by atoms with van der Waals surface area (Å²) in [5, 5.41) is 7.65. The maximum absolute atomic E-state index is 11.4. The topological polar surface area (TPSA) is 83.5 Å². The van der Waals surface area contributed by atoms with E-state index in [0.717, 1.165) is 36.7 Å². The third-order valence-corrected chi connectivity index (χ3v) is 7.36. The highest BCUT2D eigenvalue weighted by Gasteiger charge is 2.23. The zero-order chi connectivity index (χ0) is 22.8. The number of para-hydroxylation sites is 1. The molecule has 5 rings (SSSR count). The van der Waals surface area contributed by atoms with Gasteiger partial charge in [0.2, 0.25) is 11.8 Å². The number of nitrogens with zero attached hydrogens (tertiary/aromatic N) is 5. The Morgan fingerprint density at radius 1 is 1.18 bits per heavy atom. The minimum Gasteiger partial charge on any atom is -0.437 e. The van der Waals surface area contributed by atoms with Gasteiger partial charge >= 0.3 is 0 Å². The molecular formula is C23H24N6O2S2. The lowest BCUT2D eigenvalue weighted by Crippen LogP contribution is -2.47. The molecule has 1 atom stereocenters. The Hall–Kier alpha value is -3.08. The van der Waals surface area contributed by atoms with E-state index in [1.807, 2.05) is 24.3 Å². The van der Waals surface area contributed by atoms with E-state index in [9.17, 15) is 4.79 Å². The van der Waals surface area contributed by atoms with Gasteiger partial charge in [-0.3, -0.25) is 9.69 Å². The van der Waals surface area contributed by atoms with Crippen LogP contribution in [0.4, 0.5) is 10.9 Å². The zero-order valence-electron chi connectivity index (χ0n) is 18.4. The number of carbonyl (C=O) groups excluding carboxylic acids is 1. The predicted octanol–water partition coefficient (Wildman–Crippen LogP) is 4.78. The fraction of sp³-hybridized carbons (Fsp3) is 0.304. The van der Waals surface area contributed by atoms with Gasteiger partial charge in [-0.25, -0.2) is 15.0 Å².